The van der Waals surface area contributed by atoms with Crippen LogP contribution in [0, 0.1) is 11.8 Å². The van der Waals surface area contributed by atoms with E-state index < -0.39 is 0 Å². The first kappa shape index (κ1) is 12.0. The average Bonchev–Trinajstić information content (AvgIpc) is 2.93. The number of hydrogen-bond donors (Lipinski definition) is 1. The van der Waals surface area contributed by atoms with Crippen LogP contribution in [-0.4, -0.2) is 25.0 Å². The molecule has 2 heteroatoms. The molecule has 0 aliphatic heterocycles. The second-order valence-corrected chi connectivity index (χ2v) is 6.32. The fourth-order valence-corrected chi connectivity index (χ4v) is 3.76. The van der Waals surface area contributed by atoms with Gasteiger partial charge in [-0.25, -0.2) is 0 Å². The largest absolute Gasteiger partial charge is 0.382 e. The van der Waals surface area contributed by atoms with Crippen LogP contribution in [-0.2, 0) is 6.54 Å². The second-order valence-electron chi connectivity index (χ2n) is 6.32. The lowest BCUT2D eigenvalue weighted by Gasteiger charge is -2.26. The summed E-state index contributed by atoms with van der Waals surface area (Å²) in [5, 5.41) is 3.82. The van der Waals surface area contributed by atoms with Crippen molar-refractivity contribution in [2.24, 2.45) is 11.8 Å². The molecule has 2 bridgehead atoms. The standard InChI is InChI=1S/C16H24N2/c1-18(2)11-14-5-3-4-6-15(14)17-16-10-12-7-8-13(16)9-12/h3-6,12-13,16-17H,7-11H2,1-2H3. The van der Waals surface area contributed by atoms with Gasteiger partial charge < -0.3 is 10.2 Å². The van der Waals surface area contributed by atoms with Crippen LogP contribution in [0.25, 0.3) is 0 Å². The van der Waals surface area contributed by atoms with Crippen molar-refractivity contribution in [1.82, 2.24) is 4.90 Å². The van der Waals surface area contributed by atoms with Gasteiger partial charge in [-0.3, -0.25) is 0 Å². The van der Waals surface area contributed by atoms with Crippen LogP contribution >= 0.6 is 0 Å². The lowest BCUT2D eigenvalue weighted by molar-refractivity contribution is 0.401. The molecule has 98 valence electrons. The SMILES string of the molecule is CN(C)Cc1ccccc1NC1CC2CCC1C2. The number of anilines is 1. The summed E-state index contributed by atoms with van der Waals surface area (Å²) in [4.78, 5) is 2.24. The first-order chi connectivity index (χ1) is 8.72. The quantitative estimate of drug-likeness (QED) is 0.874. The Hall–Kier alpha value is -1.02. The van der Waals surface area contributed by atoms with Crippen LogP contribution in [0.4, 0.5) is 5.69 Å². The summed E-state index contributed by atoms with van der Waals surface area (Å²) in [6.45, 7) is 1.02. The van der Waals surface area contributed by atoms with Gasteiger partial charge in [0.15, 0.2) is 0 Å². The van der Waals surface area contributed by atoms with Gasteiger partial charge in [-0.05, 0) is 56.8 Å². The fourth-order valence-electron chi connectivity index (χ4n) is 3.76. The predicted molar refractivity (Wildman–Crippen MR) is 76.7 cm³/mol. The minimum Gasteiger partial charge on any atom is -0.382 e. The summed E-state index contributed by atoms with van der Waals surface area (Å²) >= 11 is 0. The van der Waals surface area contributed by atoms with Crippen molar-refractivity contribution in [3.63, 3.8) is 0 Å². The lowest BCUT2D eigenvalue weighted by Crippen LogP contribution is -2.26. The molecule has 0 spiro atoms. The number of para-hydroxylation sites is 1. The van der Waals surface area contributed by atoms with Crippen molar-refractivity contribution in [2.45, 2.75) is 38.3 Å². The third kappa shape index (κ3) is 2.39. The summed E-state index contributed by atoms with van der Waals surface area (Å²) < 4.78 is 0. The van der Waals surface area contributed by atoms with Crippen molar-refractivity contribution >= 4 is 5.69 Å². The highest BCUT2D eigenvalue weighted by Crippen LogP contribution is 2.45. The van der Waals surface area contributed by atoms with E-state index in [1.165, 1.54) is 36.9 Å². The number of rotatable bonds is 4. The lowest BCUT2D eigenvalue weighted by atomic mass is 9.95. The van der Waals surface area contributed by atoms with E-state index in [1.807, 2.05) is 0 Å². The van der Waals surface area contributed by atoms with Crippen molar-refractivity contribution in [2.75, 3.05) is 19.4 Å². The van der Waals surface area contributed by atoms with Crippen LogP contribution in [0.5, 0.6) is 0 Å². The molecule has 18 heavy (non-hydrogen) atoms. The summed E-state index contributed by atoms with van der Waals surface area (Å²) in [5.74, 6) is 1.94. The fraction of sp³-hybridized carbons (Fsp3) is 0.625. The minimum absolute atomic E-state index is 0.729. The predicted octanol–water partition coefficient (Wildman–Crippen LogP) is 3.35. The molecule has 0 heterocycles. The van der Waals surface area contributed by atoms with E-state index in [-0.39, 0.29) is 0 Å². The van der Waals surface area contributed by atoms with Gasteiger partial charge in [-0.15, -0.1) is 0 Å². The third-order valence-corrected chi connectivity index (χ3v) is 4.58. The monoisotopic (exact) mass is 244 g/mol. The Morgan fingerprint density at radius 2 is 2.00 bits per heavy atom. The molecule has 2 fully saturated rings. The van der Waals surface area contributed by atoms with Crippen molar-refractivity contribution in [3.05, 3.63) is 29.8 Å². The third-order valence-electron chi connectivity index (χ3n) is 4.58. The molecule has 1 aromatic rings. The summed E-state index contributed by atoms with van der Waals surface area (Å²) in [7, 11) is 4.27. The maximum absolute atomic E-state index is 3.82. The van der Waals surface area contributed by atoms with Gasteiger partial charge in [-0.2, -0.15) is 0 Å². The minimum atomic E-state index is 0.729. The molecule has 0 saturated heterocycles. The van der Waals surface area contributed by atoms with Crippen LogP contribution in [0.3, 0.4) is 0 Å². The Bertz CT molecular complexity index is 413. The average molecular weight is 244 g/mol. The maximum atomic E-state index is 3.82. The molecule has 0 aromatic heterocycles. The molecule has 2 aliphatic carbocycles. The normalized spacial score (nSPS) is 30.1. The van der Waals surface area contributed by atoms with Crippen LogP contribution in [0.2, 0.25) is 0 Å². The molecule has 3 rings (SSSR count). The molecule has 3 atom stereocenters. The van der Waals surface area contributed by atoms with E-state index in [9.17, 15) is 0 Å². The molecule has 1 N–H and O–H groups in total. The number of fused-ring (bicyclic) bond motifs is 2. The van der Waals surface area contributed by atoms with Gasteiger partial charge in [0.1, 0.15) is 0 Å². The van der Waals surface area contributed by atoms with E-state index in [2.05, 4.69) is 48.6 Å². The first-order valence-electron chi connectivity index (χ1n) is 7.21. The van der Waals surface area contributed by atoms with Gasteiger partial charge in [0.05, 0.1) is 0 Å². The molecule has 0 radical (unpaired) electrons. The van der Waals surface area contributed by atoms with Crippen molar-refractivity contribution < 1.29 is 0 Å². The van der Waals surface area contributed by atoms with Gasteiger partial charge in [-0.1, -0.05) is 24.6 Å². The zero-order valence-corrected chi connectivity index (χ0v) is 11.5. The number of hydrogen-bond acceptors (Lipinski definition) is 2. The van der Waals surface area contributed by atoms with Crippen LogP contribution < -0.4 is 5.32 Å². The molecule has 3 unspecified atom stereocenters. The molecular formula is C16H24N2. The summed E-state index contributed by atoms with van der Waals surface area (Å²) in [6, 6.07) is 9.51. The molecule has 2 nitrogen and oxygen atoms in total. The Morgan fingerprint density at radius 3 is 2.67 bits per heavy atom. The molecule has 0 amide bonds. The van der Waals surface area contributed by atoms with Gasteiger partial charge in [0.25, 0.3) is 0 Å². The Balaban J connectivity index is 1.72. The first-order valence-corrected chi connectivity index (χ1v) is 7.21. The Kier molecular flexibility index (Phi) is 3.29. The Morgan fingerprint density at radius 1 is 1.17 bits per heavy atom. The van der Waals surface area contributed by atoms with Crippen molar-refractivity contribution in [1.29, 1.82) is 0 Å². The highest BCUT2D eigenvalue weighted by Gasteiger charge is 2.39. The highest BCUT2D eigenvalue weighted by molar-refractivity contribution is 5.52. The molecule has 1 aromatic carbocycles. The molecule has 2 aliphatic rings. The second kappa shape index (κ2) is 4.93. The molecular weight excluding hydrogens is 220 g/mol. The van der Waals surface area contributed by atoms with Crippen LogP contribution in [0.15, 0.2) is 24.3 Å². The van der Waals surface area contributed by atoms with Gasteiger partial charge in [0, 0.05) is 18.3 Å². The van der Waals surface area contributed by atoms with E-state index in [0.29, 0.717) is 0 Å². The zero-order chi connectivity index (χ0) is 12.5. The smallest absolute Gasteiger partial charge is 0.0388 e. The van der Waals surface area contributed by atoms with E-state index in [1.54, 1.807) is 0 Å². The van der Waals surface area contributed by atoms with Gasteiger partial charge >= 0.3 is 0 Å². The van der Waals surface area contributed by atoms with Crippen LogP contribution in [0.1, 0.15) is 31.2 Å². The maximum Gasteiger partial charge on any atom is 0.0388 e. The number of nitrogens with zero attached hydrogens (tertiary/aromatic N) is 1. The van der Waals surface area contributed by atoms with E-state index >= 15 is 0 Å². The van der Waals surface area contributed by atoms with Crippen molar-refractivity contribution in [3.8, 4) is 0 Å². The molecule has 2 saturated carbocycles. The summed E-state index contributed by atoms with van der Waals surface area (Å²) in [5.41, 5.74) is 2.77. The summed E-state index contributed by atoms with van der Waals surface area (Å²) in [6.07, 6.45) is 5.77. The van der Waals surface area contributed by atoms with Gasteiger partial charge in [0.2, 0.25) is 0 Å². The number of nitrogens with one attached hydrogen (secondary N) is 1. The highest BCUT2D eigenvalue weighted by atomic mass is 15.1. The Labute approximate surface area is 110 Å². The van der Waals surface area contributed by atoms with E-state index in [4.69, 9.17) is 0 Å². The van der Waals surface area contributed by atoms with E-state index in [0.717, 1.165) is 24.4 Å². The number of benzene rings is 1. The topological polar surface area (TPSA) is 15.3 Å². The zero-order valence-electron chi connectivity index (χ0n) is 11.5.